The van der Waals surface area contributed by atoms with Gasteiger partial charge in [-0.25, -0.2) is 0 Å². The largest absolute Gasteiger partial charge is 0.481 e. The number of rotatable bonds is 4. The SMILES string of the molecule is CC(C)c1cc(C(=O)NC2(C)CCCCC2C(=O)O)on1. The van der Waals surface area contributed by atoms with E-state index in [0.717, 1.165) is 12.8 Å². The lowest BCUT2D eigenvalue weighted by Crippen LogP contribution is -2.55. The maximum absolute atomic E-state index is 12.3. The van der Waals surface area contributed by atoms with E-state index in [4.69, 9.17) is 4.52 Å². The highest BCUT2D eigenvalue weighted by atomic mass is 16.5. The Kier molecular flexibility index (Phi) is 4.34. The van der Waals surface area contributed by atoms with Crippen LogP contribution in [0.25, 0.3) is 0 Å². The van der Waals surface area contributed by atoms with E-state index in [-0.39, 0.29) is 11.7 Å². The normalized spacial score (nSPS) is 25.8. The van der Waals surface area contributed by atoms with Crippen molar-refractivity contribution in [2.24, 2.45) is 5.92 Å². The maximum Gasteiger partial charge on any atom is 0.308 e. The molecule has 1 amide bonds. The number of hydrogen-bond donors (Lipinski definition) is 2. The second kappa shape index (κ2) is 5.87. The van der Waals surface area contributed by atoms with E-state index in [1.165, 1.54) is 0 Å². The zero-order chi connectivity index (χ0) is 15.6. The number of carbonyl (C=O) groups is 2. The number of hydrogen-bond acceptors (Lipinski definition) is 4. The molecule has 6 heteroatoms. The Bertz CT molecular complexity index is 538. The van der Waals surface area contributed by atoms with Crippen molar-refractivity contribution in [3.63, 3.8) is 0 Å². The van der Waals surface area contributed by atoms with Crippen molar-refractivity contribution in [1.29, 1.82) is 0 Å². The molecule has 1 aliphatic rings. The molecule has 1 heterocycles. The van der Waals surface area contributed by atoms with Crippen LogP contribution in [0.4, 0.5) is 0 Å². The smallest absolute Gasteiger partial charge is 0.308 e. The van der Waals surface area contributed by atoms with Crippen molar-refractivity contribution in [3.05, 3.63) is 17.5 Å². The van der Waals surface area contributed by atoms with Crippen LogP contribution in [0.15, 0.2) is 10.6 Å². The predicted octanol–water partition coefficient (Wildman–Crippen LogP) is 2.56. The summed E-state index contributed by atoms with van der Waals surface area (Å²) in [6.07, 6.45) is 3.02. The Morgan fingerprint density at radius 2 is 2.19 bits per heavy atom. The third kappa shape index (κ3) is 3.25. The van der Waals surface area contributed by atoms with E-state index in [0.29, 0.717) is 18.5 Å². The lowest BCUT2D eigenvalue weighted by Gasteiger charge is -2.39. The number of aliphatic carboxylic acids is 1. The van der Waals surface area contributed by atoms with Crippen LogP contribution in [0.2, 0.25) is 0 Å². The molecule has 6 nitrogen and oxygen atoms in total. The molecule has 116 valence electrons. The minimum atomic E-state index is -0.863. The van der Waals surface area contributed by atoms with Gasteiger partial charge in [0.15, 0.2) is 0 Å². The Morgan fingerprint density at radius 1 is 1.48 bits per heavy atom. The van der Waals surface area contributed by atoms with Gasteiger partial charge in [-0.1, -0.05) is 31.8 Å². The van der Waals surface area contributed by atoms with Gasteiger partial charge in [0.25, 0.3) is 5.91 Å². The molecule has 2 unspecified atom stereocenters. The molecule has 1 aromatic heterocycles. The lowest BCUT2D eigenvalue weighted by molar-refractivity contribution is -0.145. The van der Waals surface area contributed by atoms with Gasteiger partial charge in [0.2, 0.25) is 5.76 Å². The molecule has 0 radical (unpaired) electrons. The number of aromatic nitrogens is 1. The number of carbonyl (C=O) groups excluding carboxylic acids is 1. The molecule has 1 saturated carbocycles. The minimum absolute atomic E-state index is 0.134. The van der Waals surface area contributed by atoms with E-state index < -0.39 is 23.3 Å². The second-order valence-electron chi connectivity index (χ2n) is 6.28. The van der Waals surface area contributed by atoms with Gasteiger partial charge in [-0.2, -0.15) is 0 Å². The van der Waals surface area contributed by atoms with Crippen molar-refractivity contribution in [1.82, 2.24) is 10.5 Å². The third-order valence-corrected chi connectivity index (χ3v) is 4.25. The quantitative estimate of drug-likeness (QED) is 0.890. The van der Waals surface area contributed by atoms with Gasteiger partial charge >= 0.3 is 5.97 Å². The number of carboxylic acid groups (broad SMARTS) is 1. The van der Waals surface area contributed by atoms with Crippen LogP contribution in [0.1, 0.15) is 68.6 Å². The first-order valence-electron chi connectivity index (χ1n) is 7.35. The Hall–Kier alpha value is -1.85. The van der Waals surface area contributed by atoms with Gasteiger partial charge in [-0.05, 0) is 25.7 Å². The van der Waals surface area contributed by atoms with Crippen LogP contribution in [0.5, 0.6) is 0 Å². The Labute approximate surface area is 123 Å². The van der Waals surface area contributed by atoms with Gasteiger partial charge in [0, 0.05) is 6.07 Å². The maximum atomic E-state index is 12.3. The number of carboxylic acids is 1. The minimum Gasteiger partial charge on any atom is -0.481 e. The van der Waals surface area contributed by atoms with Gasteiger partial charge in [0.1, 0.15) is 0 Å². The first-order chi connectivity index (χ1) is 9.83. The van der Waals surface area contributed by atoms with Crippen molar-refractivity contribution in [2.45, 2.75) is 57.9 Å². The van der Waals surface area contributed by atoms with Crippen molar-refractivity contribution in [2.75, 3.05) is 0 Å². The molecule has 0 aromatic carbocycles. The molecule has 2 N–H and O–H groups in total. The molecule has 0 bridgehead atoms. The summed E-state index contributed by atoms with van der Waals surface area (Å²) in [4.78, 5) is 23.7. The highest BCUT2D eigenvalue weighted by Gasteiger charge is 2.42. The second-order valence-corrected chi connectivity index (χ2v) is 6.28. The highest BCUT2D eigenvalue weighted by Crippen LogP contribution is 2.34. The van der Waals surface area contributed by atoms with Crippen molar-refractivity contribution < 1.29 is 19.2 Å². The average molecular weight is 294 g/mol. The van der Waals surface area contributed by atoms with Crippen molar-refractivity contribution >= 4 is 11.9 Å². The summed E-state index contributed by atoms with van der Waals surface area (Å²) in [5.41, 5.74) is -0.0323. The highest BCUT2D eigenvalue weighted by molar-refractivity contribution is 5.92. The summed E-state index contributed by atoms with van der Waals surface area (Å²) in [7, 11) is 0. The number of nitrogens with one attached hydrogen (secondary N) is 1. The van der Waals surface area contributed by atoms with E-state index in [1.807, 2.05) is 13.8 Å². The summed E-state index contributed by atoms with van der Waals surface area (Å²) in [5.74, 6) is -1.52. The van der Waals surface area contributed by atoms with Gasteiger partial charge in [0.05, 0.1) is 17.2 Å². The summed E-state index contributed by atoms with van der Waals surface area (Å²) in [6.45, 7) is 5.72. The first kappa shape index (κ1) is 15.5. The number of nitrogens with zero attached hydrogens (tertiary/aromatic N) is 1. The number of amides is 1. The van der Waals surface area contributed by atoms with Gasteiger partial charge < -0.3 is 14.9 Å². The van der Waals surface area contributed by atoms with Crippen LogP contribution >= 0.6 is 0 Å². The van der Waals surface area contributed by atoms with Crippen LogP contribution in [0.3, 0.4) is 0 Å². The van der Waals surface area contributed by atoms with Crippen LogP contribution in [-0.2, 0) is 4.79 Å². The fourth-order valence-corrected chi connectivity index (χ4v) is 2.87. The summed E-state index contributed by atoms with van der Waals surface area (Å²) >= 11 is 0. The van der Waals surface area contributed by atoms with Crippen LogP contribution < -0.4 is 5.32 Å². The van der Waals surface area contributed by atoms with E-state index in [1.54, 1.807) is 13.0 Å². The topological polar surface area (TPSA) is 92.4 Å². The molecular formula is C15H22N2O4. The van der Waals surface area contributed by atoms with E-state index in [2.05, 4.69) is 10.5 Å². The summed E-state index contributed by atoms with van der Waals surface area (Å²) < 4.78 is 5.06. The fourth-order valence-electron chi connectivity index (χ4n) is 2.87. The predicted molar refractivity (Wildman–Crippen MR) is 76.1 cm³/mol. The van der Waals surface area contributed by atoms with Gasteiger partial charge in [-0.3, -0.25) is 9.59 Å². The standard InChI is InChI=1S/C15H22N2O4/c1-9(2)11-8-12(21-17-11)13(18)16-15(3)7-5-4-6-10(15)14(19)20/h8-10H,4-7H2,1-3H3,(H,16,18)(H,19,20). The summed E-state index contributed by atoms with van der Waals surface area (Å²) in [5, 5.41) is 16.0. The summed E-state index contributed by atoms with van der Waals surface area (Å²) in [6, 6.07) is 1.61. The molecule has 1 aromatic rings. The van der Waals surface area contributed by atoms with E-state index >= 15 is 0 Å². The zero-order valence-corrected chi connectivity index (χ0v) is 12.7. The van der Waals surface area contributed by atoms with Gasteiger partial charge in [-0.15, -0.1) is 0 Å². The average Bonchev–Trinajstić information content (AvgIpc) is 2.88. The van der Waals surface area contributed by atoms with E-state index in [9.17, 15) is 14.7 Å². The molecular weight excluding hydrogens is 272 g/mol. The molecule has 0 aliphatic heterocycles. The van der Waals surface area contributed by atoms with Crippen molar-refractivity contribution in [3.8, 4) is 0 Å². The lowest BCUT2D eigenvalue weighted by atomic mass is 9.74. The first-order valence-corrected chi connectivity index (χ1v) is 7.35. The molecule has 0 spiro atoms. The molecule has 21 heavy (non-hydrogen) atoms. The Balaban J connectivity index is 2.14. The Morgan fingerprint density at radius 3 is 2.76 bits per heavy atom. The molecule has 1 fully saturated rings. The molecule has 2 atom stereocenters. The van der Waals surface area contributed by atoms with Crippen LogP contribution in [-0.4, -0.2) is 27.7 Å². The monoisotopic (exact) mass is 294 g/mol. The molecule has 1 aliphatic carbocycles. The van der Waals surface area contributed by atoms with Crippen LogP contribution in [0, 0.1) is 5.92 Å². The zero-order valence-electron chi connectivity index (χ0n) is 12.7. The fraction of sp³-hybridized carbons (Fsp3) is 0.667. The molecule has 0 saturated heterocycles. The third-order valence-electron chi connectivity index (χ3n) is 4.25. The molecule has 2 rings (SSSR count).